The largest absolute Gasteiger partial charge is 0.370 e. The fourth-order valence-electron chi connectivity index (χ4n) is 1.73. The summed E-state index contributed by atoms with van der Waals surface area (Å²) in [5, 5.41) is 9.31. The molecule has 1 saturated carbocycles. The zero-order valence-electron chi connectivity index (χ0n) is 9.11. The van der Waals surface area contributed by atoms with Gasteiger partial charge in [-0.05, 0) is 32.3 Å². The number of nitriles is 1. The summed E-state index contributed by atoms with van der Waals surface area (Å²) in [6.45, 7) is 1.95. The van der Waals surface area contributed by atoms with E-state index in [1.54, 1.807) is 6.07 Å². The molecule has 1 atom stereocenters. The van der Waals surface area contributed by atoms with Crippen molar-refractivity contribution >= 4 is 11.6 Å². The number of nitrogens with zero attached hydrogens (tertiary/aromatic N) is 2. The summed E-state index contributed by atoms with van der Waals surface area (Å²) in [6.07, 6.45) is 3.73. The zero-order chi connectivity index (χ0) is 11.5. The number of halogens is 1. The highest BCUT2D eigenvalue weighted by atomic mass is 35.5. The number of pyridine rings is 1. The summed E-state index contributed by atoms with van der Waals surface area (Å²) in [5.41, 5.74) is 1.18. The molecule has 84 valence electrons. The number of ether oxygens (including phenoxy) is 1. The van der Waals surface area contributed by atoms with Crippen LogP contribution in [0.15, 0.2) is 12.1 Å². The van der Waals surface area contributed by atoms with Gasteiger partial charge in [-0.25, -0.2) is 4.98 Å². The van der Waals surface area contributed by atoms with Crippen LogP contribution >= 0.6 is 11.6 Å². The van der Waals surface area contributed by atoms with Crippen molar-refractivity contribution in [2.45, 2.75) is 38.4 Å². The average Bonchev–Trinajstić information content (AvgIpc) is 2.23. The van der Waals surface area contributed by atoms with E-state index >= 15 is 0 Å². The molecule has 0 radical (unpaired) electrons. The first-order valence-corrected chi connectivity index (χ1v) is 5.80. The second-order valence-electron chi connectivity index (χ2n) is 4.01. The van der Waals surface area contributed by atoms with Crippen LogP contribution in [0.3, 0.4) is 0 Å². The summed E-state index contributed by atoms with van der Waals surface area (Å²) in [6, 6.07) is 5.56. The van der Waals surface area contributed by atoms with Gasteiger partial charge >= 0.3 is 0 Å². The first-order chi connectivity index (χ1) is 7.70. The van der Waals surface area contributed by atoms with Gasteiger partial charge in [-0.1, -0.05) is 17.7 Å². The molecule has 1 unspecified atom stereocenters. The molecule has 1 aliphatic carbocycles. The van der Waals surface area contributed by atoms with Crippen LogP contribution in [0.25, 0.3) is 0 Å². The van der Waals surface area contributed by atoms with Gasteiger partial charge in [0.2, 0.25) is 0 Å². The predicted octanol–water partition coefficient (Wildman–Crippen LogP) is 3.24. The van der Waals surface area contributed by atoms with Crippen LogP contribution in [0, 0.1) is 11.3 Å². The SMILES string of the molecule is CC(OC1CCC1)c1ccc(Cl)nc1C#N. The van der Waals surface area contributed by atoms with Gasteiger partial charge in [-0.15, -0.1) is 0 Å². The average molecular weight is 237 g/mol. The van der Waals surface area contributed by atoms with Gasteiger partial charge in [-0.3, -0.25) is 0 Å². The smallest absolute Gasteiger partial charge is 0.148 e. The number of hydrogen-bond donors (Lipinski definition) is 0. The van der Waals surface area contributed by atoms with Gasteiger partial charge in [0.15, 0.2) is 0 Å². The van der Waals surface area contributed by atoms with Crippen LogP contribution < -0.4 is 0 Å². The van der Waals surface area contributed by atoms with E-state index in [1.807, 2.05) is 13.0 Å². The van der Waals surface area contributed by atoms with Crippen LogP contribution in [-0.4, -0.2) is 11.1 Å². The summed E-state index contributed by atoms with van der Waals surface area (Å²) in [7, 11) is 0. The minimum atomic E-state index is -0.0929. The first-order valence-electron chi connectivity index (χ1n) is 5.42. The molecule has 3 nitrogen and oxygen atoms in total. The Balaban J connectivity index is 2.15. The molecule has 2 rings (SSSR count). The normalized spacial score (nSPS) is 17.6. The summed E-state index contributed by atoms with van der Waals surface area (Å²) >= 11 is 5.74. The third-order valence-corrected chi connectivity index (χ3v) is 3.10. The summed E-state index contributed by atoms with van der Waals surface area (Å²) < 4.78 is 5.82. The van der Waals surface area contributed by atoms with E-state index in [9.17, 15) is 0 Å². The highest BCUT2D eigenvalue weighted by Gasteiger charge is 2.22. The predicted molar refractivity (Wildman–Crippen MR) is 61.1 cm³/mol. The molecule has 0 bridgehead atoms. The van der Waals surface area contributed by atoms with E-state index in [0.717, 1.165) is 18.4 Å². The van der Waals surface area contributed by atoms with Crippen molar-refractivity contribution in [2.24, 2.45) is 0 Å². The molecule has 0 amide bonds. The topological polar surface area (TPSA) is 45.9 Å². The highest BCUT2D eigenvalue weighted by molar-refractivity contribution is 6.29. The molecule has 16 heavy (non-hydrogen) atoms. The molecule has 0 spiro atoms. The van der Waals surface area contributed by atoms with Crippen molar-refractivity contribution in [3.8, 4) is 6.07 Å². The quantitative estimate of drug-likeness (QED) is 0.757. The van der Waals surface area contributed by atoms with Gasteiger partial charge in [0, 0.05) is 5.56 Å². The van der Waals surface area contributed by atoms with E-state index in [2.05, 4.69) is 11.1 Å². The molecule has 0 N–H and O–H groups in total. The molecule has 0 saturated heterocycles. The maximum Gasteiger partial charge on any atom is 0.148 e. The lowest BCUT2D eigenvalue weighted by Crippen LogP contribution is -2.23. The Hall–Kier alpha value is -1.11. The lowest BCUT2D eigenvalue weighted by Gasteiger charge is -2.29. The lowest BCUT2D eigenvalue weighted by molar-refractivity contribution is -0.0447. The Morgan fingerprint density at radius 1 is 1.56 bits per heavy atom. The van der Waals surface area contributed by atoms with Gasteiger partial charge in [-0.2, -0.15) is 5.26 Å². The van der Waals surface area contributed by atoms with Gasteiger partial charge in [0.05, 0.1) is 12.2 Å². The third-order valence-electron chi connectivity index (χ3n) is 2.89. The van der Waals surface area contributed by atoms with E-state index < -0.39 is 0 Å². The van der Waals surface area contributed by atoms with Crippen molar-refractivity contribution in [1.29, 1.82) is 5.26 Å². The Labute approximate surface area is 100 Å². The Bertz CT molecular complexity index is 424. The van der Waals surface area contributed by atoms with Gasteiger partial charge in [0.1, 0.15) is 16.9 Å². The molecule has 1 aromatic heterocycles. The minimum absolute atomic E-state index is 0.0929. The Morgan fingerprint density at radius 3 is 2.88 bits per heavy atom. The molecule has 0 aromatic carbocycles. The van der Waals surface area contributed by atoms with E-state index in [4.69, 9.17) is 21.6 Å². The third kappa shape index (κ3) is 2.34. The van der Waals surface area contributed by atoms with Crippen LogP contribution in [-0.2, 0) is 4.74 Å². The summed E-state index contributed by atoms with van der Waals surface area (Å²) in [5.74, 6) is 0. The Morgan fingerprint density at radius 2 is 2.31 bits per heavy atom. The molecule has 0 aliphatic heterocycles. The minimum Gasteiger partial charge on any atom is -0.370 e. The van der Waals surface area contributed by atoms with Crippen LogP contribution in [0.1, 0.15) is 43.5 Å². The highest BCUT2D eigenvalue weighted by Crippen LogP contribution is 2.29. The van der Waals surface area contributed by atoms with Crippen molar-refractivity contribution in [1.82, 2.24) is 4.98 Å². The van der Waals surface area contributed by atoms with E-state index in [1.165, 1.54) is 6.42 Å². The van der Waals surface area contributed by atoms with E-state index in [-0.39, 0.29) is 6.10 Å². The fourth-order valence-corrected chi connectivity index (χ4v) is 1.88. The number of rotatable bonds is 3. The molecular formula is C12H13ClN2O. The van der Waals surface area contributed by atoms with Gasteiger partial charge < -0.3 is 4.74 Å². The van der Waals surface area contributed by atoms with Crippen molar-refractivity contribution in [2.75, 3.05) is 0 Å². The van der Waals surface area contributed by atoms with Crippen LogP contribution in [0.5, 0.6) is 0 Å². The maximum atomic E-state index is 8.97. The maximum absolute atomic E-state index is 8.97. The summed E-state index contributed by atoms with van der Waals surface area (Å²) in [4.78, 5) is 3.99. The molecule has 1 fully saturated rings. The zero-order valence-corrected chi connectivity index (χ0v) is 9.87. The number of aromatic nitrogens is 1. The van der Waals surface area contributed by atoms with Gasteiger partial charge in [0.25, 0.3) is 0 Å². The molecule has 1 aromatic rings. The number of hydrogen-bond acceptors (Lipinski definition) is 3. The molecule has 1 aliphatic rings. The van der Waals surface area contributed by atoms with E-state index in [0.29, 0.717) is 17.0 Å². The Kier molecular flexibility index (Phi) is 3.42. The van der Waals surface area contributed by atoms with Crippen molar-refractivity contribution in [3.63, 3.8) is 0 Å². The van der Waals surface area contributed by atoms with Crippen molar-refractivity contribution < 1.29 is 4.74 Å². The molecular weight excluding hydrogens is 224 g/mol. The standard InChI is InChI=1S/C12H13ClN2O/c1-8(16-9-3-2-4-9)10-5-6-12(13)15-11(10)7-14/h5-6,8-9H,2-4H2,1H3. The second kappa shape index (κ2) is 4.82. The first kappa shape index (κ1) is 11.4. The molecule has 4 heteroatoms. The second-order valence-corrected chi connectivity index (χ2v) is 4.40. The van der Waals surface area contributed by atoms with Crippen LogP contribution in [0.2, 0.25) is 5.15 Å². The van der Waals surface area contributed by atoms with Crippen LogP contribution in [0.4, 0.5) is 0 Å². The van der Waals surface area contributed by atoms with Crippen molar-refractivity contribution in [3.05, 3.63) is 28.5 Å². The lowest BCUT2D eigenvalue weighted by atomic mass is 9.95. The monoisotopic (exact) mass is 236 g/mol. The fraction of sp³-hybridized carbons (Fsp3) is 0.500. The molecule has 1 heterocycles.